The molecule has 6 nitrogen and oxygen atoms in total. The number of ether oxygens (including phenoxy) is 1. The van der Waals surface area contributed by atoms with Gasteiger partial charge in [0.05, 0.1) is 5.71 Å². The van der Waals surface area contributed by atoms with Gasteiger partial charge >= 0.3 is 0 Å². The van der Waals surface area contributed by atoms with Crippen molar-refractivity contribution in [2.45, 2.75) is 0 Å². The van der Waals surface area contributed by atoms with Crippen LogP contribution in [0.5, 0.6) is 11.5 Å². The van der Waals surface area contributed by atoms with Crippen molar-refractivity contribution in [1.29, 1.82) is 0 Å². The lowest BCUT2D eigenvalue weighted by molar-refractivity contribution is 0.181. The van der Waals surface area contributed by atoms with Crippen LogP contribution in [0, 0.1) is 5.82 Å². The number of nitrogens with one attached hydrogen (secondary N) is 1. The van der Waals surface area contributed by atoms with Crippen LogP contribution in [0.1, 0.15) is 11.1 Å². The molecular weight excluding hydrogens is 349 g/mol. The molecule has 0 amide bonds. The summed E-state index contributed by atoms with van der Waals surface area (Å²) in [7, 11) is 0. The Morgan fingerprint density at radius 2 is 1.59 bits per heavy atom. The van der Waals surface area contributed by atoms with E-state index in [1.807, 2.05) is 0 Å². The fraction of sp³-hybridized carbons (Fsp3) is 0.0500. The third-order valence-corrected chi connectivity index (χ3v) is 3.87. The highest BCUT2D eigenvalue weighted by molar-refractivity contribution is 6.13. The highest BCUT2D eigenvalue weighted by atomic mass is 19.1. The molecule has 1 N–H and O–H groups in total. The van der Waals surface area contributed by atoms with Gasteiger partial charge in [0.1, 0.15) is 17.3 Å². The summed E-state index contributed by atoms with van der Waals surface area (Å²) in [5.41, 5.74) is 2.01. The quantitative estimate of drug-likeness (QED) is 0.771. The Morgan fingerprint density at radius 1 is 0.926 bits per heavy atom. The Morgan fingerprint density at radius 3 is 2.26 bits per heavy atom. The highest BCUT2D eigenvalue weighted by Crippen LogP contribution is 2.22. The summed E-state index contributed by atoms with van der Waals surface area (Å²) in [6.07, 6.45) is 1.59. The lowest BCUT2D eigenvalue weighted by Crippen LogP contribution is -2.18. The van der Waals surface area contributed by atoms with Crippen molar-refractivity contribution in [1.82, 2.24) is 4.98 Å². The van der Waals surface area contributed by atoms with Crippen molar-refractivity contribution in [3.05, 3.63) is 94.2 Å². The van der Waals surface area contributed by atoms with Crippen LogP contribution in [0.15, 0.2) is 81.8 Å². The maximum absolute atomic E-state index is 12.9. The minimum atomic E-state index is -0.316. The average Bonchev–Trinajstić information content (AvgIpc) is 2.71. The Bertz CT molecular complexity index is 1050. The number of hydrogen-bond donors (Lipinski definition) is 1. The second kappa shape index (κ2) is 7.25. The van der Waals surface area contributed by atoms with Crippen molar-refractivity contribution >= 4 is 11.5 Å². The van der Waals surface area contributed by atoms with Gasteiger partial charge < -0.3 is 14.6 Å². The molecule has 0 spiro atoms. The van der Waals surface area contributed by atoms with E-state index in [0.29, 0.717) is 23.0 Å². The van der Waals surface area contributed by atoms with Gasteiger partial charge in [-0.2, -0.15) is 0 Å². The second-order valence-corrected chi connectivity index (χ2v) is 5.77. The summed E-state index contributed by atoms with van der Waals surface area (Å²) in [5, 5.41) is 3.99. The molecule has 1 aliphatic rings. The van der Waals surface area contributed by atoms with Gasteiger partial charge in [0.2, 0.25) is 5.56 Å². The molecule has 2 heterocycles. The number of amidine groups is 1. The van der Waals surface area contributed by atoms with E-state index < -0.39 is 0 Å². The number of pyridine rings is 1. The minimum Gasteiger partial charge on any atom is -0.457 e. The molecule has 1 aromatic heterocycles. The van der Waals surface area contributed by atoms with Gasteiger partial charge in [-0.1, -0.05) is 5.16 Å². The summed E-state index contributed by atoms with van der Waals surface area (Å²) in [5.74, 6) is 1.26. The molecule has 27 heavy (non-hydrogen) atoms. The summed E-state index contributed by atoms with van der Waals surface area (Å²) in [4.78, 5) is 23.6. The van der Waals surface area contributed by atoms with Gasteiger partial charge in [-0.05, 0) is 54.6 Å². The van der Waals surface area contributed by atoms with E-state index in [0.717, 1.165) is 11.1 Å². The second-order valence-electron chi connectivity index (χ2n) is 5.77. The van der Waals surface area contributed by atoms with Crippen LogP contribution in [0.25, 0.3) is 0 Å². The molecule has 2 aromatic carbocycles. The number of aromatic amines is 1. The van der Waals surface area contributed by atoms with Crippen LogP contribution in [-0.2, 0) is 4.84 Å². The third-order valence-electron chi connectivity index (χ3n) is 3.87. The van der Waals surface area contributed by atoms with Gasteiger partial charge in [-0.3, -0.25) is 4.79 Å². The van der Waals surface area contributed by atoms with Crippen LogP contribution in [-0.4, -0.2) is 23.1 Å². The fourth-order valence-electron chi connectivity index (χ4n) is 2.50. The molecular formula is C20H14FN3O3. The molecule has 134 valence electrons. The van der Waals surface area contributed by atoms with E-state index in [9.17, 15) is 9.18 Å². The number of nitrogens with zero attached hydrogens (tertiary/aromatic N) is 2. The van der Waals surface area contributed by atoms with Crippen molar-refractivity contribution < 1.29 is 14.0 Å². The van der Waals surface area contributed by atoms with E-state index in [1.165, 1.54) is 18.2 Å². The molecule has 0 radical (unpaired) electrons. The van der Waals surface area contributed by atoms with Crippen molar-refractivity contribution in [3.63, 3.8) is 0 Å². The minimum absolute atomic E-state index is 0.179. The third kappa shape index (κ3) is 3.92. The number of benzene rings is 2. The van der Waals surface area contributed by atoms with Gasteiger partial charge in [-0.15, -0.1) is 0 Å². The number of hydrogen-bond acceptors (Lipinski definition) is 5. The van der Waals surface area contributed by atoms with E-state index in [1.54, 1.807) is 48.7 Å². The maximum Gasteiger partial charge on any atom is 0.247 e. The average molecular weight is 363 g/mol. The van der Waals surface area contributed by atoms with Crippen LogP contribution in [0.2, 0.25) is 0 Å². The molecule has 7 heteroatoms. The first kappa shape index (κ1) is 16.7. The van der Waals surface area contributed by atoms with Crippen LogP contribution in [0.4, 0.5) is 4.39 Å². The molecule has 0 bridgehead atoms. The molecule has 0 saturated carbocycles. The largest absolute Gasteiger partial charge is 0.457 e. The van der Waals surface area contributed by atoms with Gasteiger partial charge in [0, 0.05) is 23.4 Å². The fourth-order valence-corrected chi connectivity index (χ4v) is 2.50. The molecule has 1 aliphatic heterocycles. The van der Waals surface area contributed by atoms with Crippen molar-refractivity contribution in [2.75, 3.05) is 6.61 Å². The summed E-state index contributed by atoms with van der Waals surface area (Å²) < 4.78 is 18.6. The first-order valence-corrected chi connectivity index (χ1v) is 8.18. The molecule has 4 rings (SSSR count). The molecule has 0 atom stereocenters. The summed E-state index contributed by atoms with van der Waals surface area (Å²) in [6, 6.07) is 16.1. The lowest BCUT2D eigenvalue weighted by atomic mass is 10.1. The Kier molecular flexibility index (Phi) is 4.49. The predicted molar refractivity (Wildman–Crippen MR) is 99.0 cm³/mol. The van der Waals surface area contributed by atoms with Gasteiger partial charge in [0.25, 0.3) is 0 Å². The van der Waals surface area contributed by atoms with Crippen molar-refractivity contribution in [3.8, 4) is 11.5 Å². The monoisotopic (exact) mass is 363 g/mol. The standard InChI is InChI=1S/C20H14FN3O3/c21-15-4-8-17(9-5-15)27-16-6-1-13(2-7-16)20-23-18(12-26-24-20)14-3-10-19(25)22-11-14/h1-11H,12H2,(H,22,25). The van der Waals surface area contributed by atoms with Crippen LogP contribution < -0.4 is 10.3 Å². The van der Waals surface area contributed by atoms with Crippen LogP contribution >= 0.6 is 0 Å². The van der Waals surface area contributed by atoms with Gasteiger partial charge in [0.15, 0.2) is 12.4 Å². The van der Waals surface area contributed by atoms with E-state index in [4.69, 9.17) is 9.57 Å². The number of H-pyrrole nitrogens is 1. The zero-order chi connectivity index (χ0) is 18.6. The first-order chi connectivity index (χ1) is 13.2. The lowest BCUT2D eigenvalue weighted by Gasteiger charge is -2.13. The Labute approximate surface area is 153 Å². The smallest absolute Gasteiger partial charge is 0.247 e. The maximum atomic E-state index is 12.9. The Balaban J connectivity index is 1.52. The molecule has 0 unspecified atom stereocenters. The molecule has 0 aliphatic carbocycles. The first-order valence-electron chi connectivity index (χ1n) is 8.18. The zero-order valence-electron chi connectivity index (χ0n) is 14.1. The number of halogens is 1. The van der Waals surface area contributed by atoms with E-state index in [2.05, 4.69) is 15.1 Å². The number of oxime groups is 1. The normalized spacial score (nSPS) is 13.4. The zero-order valence-corrected chi connectivity index (χ0v) is 14.1. The summed E-state index contributed by atoms with van der Waals surface area (Å²) >= 11 is 0. The van der Waals surface area contributed by atoms with Crippen LogP contribution in [0.3, 0.4) is 0 Å². The number of aromatic nitrogens is 1. The highest BCUT2D eigenvalue weighted by Gasteiger charge is 2.14. The van der Waals surface area contributed by atoms with E-state index in [-0.39, 0.29) is 18.0 Å². The summed E-state index contributed by atoms with van der Waals surface area (Å²) in [6.45, 7) is 0.224. The predicted octanol–water partition coefficient (Wildman–Crippen LogP) is 3.49. The Hall–Kier alpha value is -3.74. The van der Waals surface area contributed by atoms with E-state index >= 15 is 0 Å². The molecule has 3 aromatic rings. The number of aliphatic imine (C=N–C) groups is 1. The molecule has 0 fully saturated rings. The van der Waals surface area contributed by atoms with Gasteiger partial charge in [-0.25, -0.2) is 9.38 Å². The molecule has 0 saturated heterocycles. The topological polar surface area (TPSA) is 76.0 Å². The SMILES string of the molecule is O=c1ccc(C2=NC(c3ccc(Oc4ccc(F)cc4)cc3)=NOC2)c[nH]1. The van der Waals surface area contributed by atoms with Crippen molar-refractivity contribution in [2.24, 2.45) is 10.1 Å². The number of rotatable bonds is 4.